The maximum Gasteiger partial charge on any atom is -0.0440 e. The van der Waals surface area contributed by atoms with Crippen molar-refractivity contribution < 1.29 is 0 Å². The predicted octanol–water partition coefficient (Wildman–Crippen LogP) is 7.76. The maximum absolute atomic E-state index is 2.46. The van der Waals surface area contributed by atoms with Crippen LogP contribution in [0.3, 0.4) is 0 Å². The van der Waals surface area contributed by atoms with Gasteiger partial charge in [-0.25, -0.2) is 0 Å². The van der Waals surface area contributed by atoms with Gasteiger partial charge in [-0.3, -0.25) is 0 Å². The predicted molar refractivity (Wildman–Crippen MR) is 94.3 cm³/mol. The molecule has 0 aliphatic carbocycles. The van der Waals surface area contributed by atoms with E-state index < -0.39 is 0 Å². The molecule has 0 aliphatic rings. The van der Waals surface area contributed by atoms with Crippen molar-refractivity contribution in [2.45, 2.75) is 118 Å². The van der Waals surface area contributed by atoms with E-state index in [1.54, 1.807) is 0 Å². The summed E-state index contributed by atoms with van der Waals surface area (Å²) in [4.78, 5) is 0. The van der Waals surface area contributed by atoms with Crippen LogP contribution in [0.15, 0.2) is 0 Å². The van der Waals surface area contributed by atoms with Crippen molar-refractivity contribution in [2.75, 3.05) is 0 Å². The fourth-order valence-corrected chi connectivity index (χ4v) is 3.40. The number of unbranched alkanes of at least 4 members (excludes halogenated alkanes) is 9. The lowest BCUT2D eigenvalue weighted by molar-refractivity contribution is 0.364. The van der Waals surface area contributed by atoms with E-state index in [-0.39, 0.29) is 0 Å². The third kappa shape index (κ3) is 14.4. The Balaban J connectivity index is 3.19. The largest absolute Gasteiger partial charge is 0.0654 e. The highest BCUT2D eigenvalue weighted by Crippen LogP contribution is 2.21. The smallest absolute Gasteiger partial charge is 0.0440 e. The second-order valence-electron chi connectivity index (χ2n) is 7.21. The van der Waals surface area contributed by atoms with Gasteiger partial charge in [0.15, 0.2) is 0 Å². The lowest BCUT2D eigenvalue weighted by atomic mass is 9.90. The van der Waals surface area contributed by atoms with Gasteiger partial charge in [0.05, 0.1) is 0 Å². The highest BCUT2D eigenvalue weighted by atomic mass is 14.1. The molecule has 0 spiro atoms. The zero-order chi connectivity index (χ0) is 15.1. The highest BCUT2D eigenvalue weighted by molar-refractivity contribution is 4.60. The van der Waals surface area contributed by atoms with Crippen molar-refractivity contribution >= 4 is 0 Å². The van der Waals surface area contributed by atoms with E-state index >= 15 is 0 Å². The Morgan fingerprint density at radius 2 is 0.950 bits per heavy atom. The van der Waals surface area contributed by atoms with Gasteiger partial charge in [0.1, 0.15) is 0 Å². The van der Waals surface area contributed by atoms with Gasteiger partial charge in [-0.2, -0.15) is 0 Å². The summed E-state index contributed by atoms with van der Waals surface area (Å²) < 4.78 is 0. The Kier molecular flexibility index (Phi) is 15.4. The fourth-order valence-electron chi connectivity index (χ4n) is 3.40. The third-order valence-corrected chi connectivity index (χ3v) is 4.64. The average Bonchev–Trinajstić information content (AvgIpc) is 2.41. The van der Waals surface area contributed by atoms with Crippen LogP contribution in [0.2, 0.25) is 0 Å². The van der Waals surface area contributed by atoms with Crippen LogP contribution in [0.25, 0.3) is 0 Å². The first-order valence-electron chi connectivity index (χ1n) is 9.70. The Hall–Kier alpha value is 0. The van der Waals surface area contributed by atoms with Crippen molar-refractivity contribution in [1.82, 2.24) is 0 Å². The summed E-state index contributed by atoms with van der Waals surface area (Å²) in [5.41, 5.74) is 0. The Morgan fingerprint density at radius 1 is 0.500 bits per heavy atom. The molecule has 0 heteroatoms. The molecule has 122 valence electrons. The lowest BCUT2D eigenvalue weighted by Crippen LogP contribution is -2.03. The van der Waals surface area contributed by atoms with Gasteiger partial charge in [-0.05, 0) is 18.3 Å². The zero-order valence-corrected chi connectivity index (χ0v) is 15.1. The highest BCUT2D eigenvalue weighted by Gasteiger charge is 2.07. The molecule has 2 atom stereocenters. The first kappa shape index (κ1) is 20.0. The summed E-state index contributed by atoms with van der Waals surface area (Å²) >= 11 is 0. The molecule has 0 saturated carbocycles. The Bertz CT molecular complexity index is 173. The lowest BCUT2D eigenvalue weighted by Gasteiger charge is -2.16. The summed E-state index contributed by atoms with van der Waals surface area (Å²) in [5, 5.41) is 0. The van der Waals surface area contributed by atoms with Crippen LogP contribution in [0.1, 0.15) is 118 Å². The molecule has 0 aromatic heterocycles. The molecular weight excluding hydrogens is 240 g/mol. The molecule has 0 nitrogen and oxygen atoms in total. The molecule has 0 heterocycles. The Labute approximate surface area is 130 Å². The zero-order valence-electron chi connectivity index (χ0n) is 15.1. The minimum atomic E-state index is 0.943. The molecule has 0 aromatic carbocycles. The van der Waals surface area contributed by atoms with Gasteiger partial charge in [-0.1, -0.05) is 111 Å². The number of hydrogen-bond donors (Lipinski definition) is 0. The first-order chi connectivity index (χ1) is 9.70. The van der Waals surface area contributed by atoms with Crippen LogP contribution < -0.4 is 0 Å². The van der Waals surface area contributed by atoms with E-state index in [9.17, 15) is 0 Å². The van der Waals surface area contributed by atoms with Gasteiger partial charge < -0.3 is 0 Å². The number of hydrogen-bond acceptors (Lipinski definition) is 0. The van der Waals surface area contributed by atoms with Crippen LogP contribution in [-0.4, -0.2) is 0 Å². The summed E-state index contributed by atoms with van der Waals surface area (Å²) in [6, 6.07) is 0. The van der Waals surface area contributed by atoms with Crippen molar-refractivity contribution in [1.29, 1.82) is 0 Å². The minimum Gasteiger partial charge on any atom is -0.0654 e. The molecule has 0 aliphatic heterocycles. The molecule has 2 unspecified atom stereocenters. The summed E-state index contributed by atoms with van der Waals surface area (Å²) in [6.07, 6.45) is 20.3. The summed E-state index contributed by atoms with van der Waals surface area (Å²) in [7, 11) is 0. The second kappa shape index (κ2) is 15.4. The van der Waals surface area contributed by atoms with Gasteiger partial charge in [0.2, 0.25) is 0 Å². The van der Waals surface area contributed by atoms with Gasteiger partial charge in [-0.15, -0.1) is 0 Å². The summed E-state index contributed by atoms with van der Waals surface area (Å²) in [6.45, 7) is 9.49. The molecule has 0 amide bonds. The van der Waals surface area contributed by atoms with Gasteiger partial charge in [0, 0.05) is 0 Å². The third-order valence-electron chi connectivity index (χ3n) is 4.64. The monoisotopic (exact) mass is 282 g/mol. The van der Waals surface area contributed by atoms with E-state index in [0.29, 0.717) is 0 Å². The molecule has 0 saturated heterocycles. The average molecular weight is 283 g/mol. The normalized spacial score (nSPS) is 14.4. The molecular formula is C20H42. The van der Waals surface area contributed by atoms with E-state index in [0.717, 1.165) is 11.8 Å². The van der Waals surface area contributed by atoms with E-state index in [1.807, 2.05) is 0 Å². The molecule has 20 heavy (non-hydrogen) atoms. The van der Waals surface area contributed by atoms with Crippen molar-refractivity contribution in [2.24, 2.45) is 11.8 Å². The van der Waals surface area contributed by atoms with E-state index in [2.05, 4.69) is 27.7 Å². The number of rotatable bonds is 15. The van der Waals surface area contributed by atoms with E-state index in [4.69, 9.17) is 0 Å². The minimum absolute atomic E-state index is 0.943. The van der Waals surface area contributed by atoms with Crippen molar-refractivity contribution in [3.8, 4) is 0 Å². The van der Waals surface area contributed by atoms with Crippen molar-refractivity contribution in [3.63, 3.8) is 0 Å². The van der Waals surface area contributed by atoms with Crippen LogP contribution in [0, 0.1) is 11.8 Å². The first-order valence-corrected chi connectivity index (χ1v) is 9.70. The second-order valence-corrected chi connectivity index (χ2v) is 7.21. The molecule has 0 aromatic rings. The molecule has 0 fully saturated rings. The molecule has 0 N–H and O–H groups in total. The maximum atomic E-state index is 2.46. The fraction of sp³-hybridized carbons (Fsp3) is 1.00. The van der Waals surface area contributed by atoms with Crippen LogP contribution in [0.5, 0.6) is 0 Å². The molecule has 0 radical (unpaired) electrons. The quantitative estimate of drug-likeness (QED) is 0.269. The van der Waals surface area contributed by atoms with Crippen LogP contribution in [0.4, 0.5) is 0 Å². The molecule has 0 rings (SSSR count). The van der Waals surface area contributed by atoms with Crippen LogP contribution in [-0.2, 0) is 0 Å². The van der Waals surface area contributed by atoms with Gasteiger partial charge in [0.25, 0.3) is 0 Å². The Morgan fingerprint density at radius 3 is 1.45 bits per heavy atom. The van der Waals surface area contributed by atoms with E-state index in [1.165, 1.54) is 89.9 Å². The van der Waals surface area contributed by atoms with Crippen molar-refractivity contribution in [3.05, 3.63) is 0 Å². The summed E-state index contributed by atoms with van der Waals surface area (Å²) in [5.74, 6) is 1.89. The SMILES string of the molecule is CCCCCCCCCCCCC(C)CC(C)CCC. The topological polar surface area (TPSA) is 0 Å². The molecule has 0 bridgehead atoms. The van der Waals surface area contributed by atoms with Crippen LogP contribution >= 0.6 is 0 Å². The standard InChI is InChI=1S/C20H42/c1-5-7-8-9-10-11-12-13-14-15-17-20(4)18-19(3)16-6-2/h19-20H,5-18H2,1-4H3. The van der Waals surface area contributed by atoms with Gasteiger partial charge >= 0.3 is 0 Å².